The van der Waals surface area contributed by atoms with E-state index in [1.54, 1.807) is 23.6 Å². The van der Waals surface area contributed by atoms with Crippen molar-refractivity contribution in [2.45, 2.75) is 32.7 Å². The van der Waals surface area contributed by atoms with Crippen LogP contribution >= 0.6 is 0 Å². The molecule has 154 valence electrons. The van der Waals surface area contributed by atoms with Gasteiger partial charge in [0.2, 0.25) is 0 Å². The van der Waals surface area contributed by atoms with Crippen LogP contribution in [0.3, 0.4) is 0 Å². The van der Waals surface area contributed by atoms with Crippen LogP contribution in [-0.2, 0) is 4.79 Å². The van der Waals surface area contributed by atoms with Crippen molar-refractivity contribution in [1.82, 2.24) is 14.7 Å². The Bertz CT molecular complexity index is 1090. The highest BCUT2D eigenvalue weighted by Gasteiger charge is 2.36. The van der Waals surface area contributed by atoms with Crippen LogP contribution in [0.1, 0.15) is 46.2 Å². The molecule has 6 nitrogen and oxygen atoms in total. The minimum atomic E-state index is -0.498. The summed E-state index contributed by atoms with van der Waals surface area (Å²) in [5.74, 6) is -0.227. The molecule has 30 heavy (non-hydrogen) atoms. The van der Waals surface area contributed by atoms with Gasteiger partial charge in [-0.3, -0.25) is 9.59 Å². The number of benzene rings is 2. The number of para-hydroxylation sites is 1. The number of hydrogen-bond donors (Lipinski definition) is 0. The van der Waals surface area contributed by atoms with E-state index < -0.39 is 11.7 Å². The molecule has 1 aromatic heterocycles. The number of likely N-dealkylation sites (tertiary alicyclic amines) is 1. The third-order valence-electron chi connectivity index (χ3n) is 5.71. The van der Waals surface area contributed by atoms with E-state index in [1.165, 1.54) is 0 Å². The van der Waals surface area contributed by atoms with Gasteiger partial charge >= 0.3 is 0 Å². The van der Waals surface area contributed by atoms with Gasteiger partial charge in [-0.25, -0.2) is 4.68 Å². The number of Topliss-reactive ketones (excluding diaryl/α,β-unsaturated/α-hetero) is 1. The molecular weight excluding hydrogens is 378 g/mol. The van der Waals surface area contributed by atoms with Crippen LogP contribution in [0.25, 0.3) is 5.69 Å². The first-order valence-corrected chi connectivity index (χ1v) is 10.1. The normalized spacial score (nSPS) is 16.0. The molecule has 1 fully saturated rings. The Hall–Kier alpha value is -3.41. The van der Waals surface area contributed by atoms with Crippen molar-refractivity contribution in [3.8, 4) is 11.4 Å². The zero-order valence-electron chi connectivity index (χ0n) is 17.5. The molecule has 0 N–H and O–H groups in total. The van der Waals surface area contributed by atoms with Gasteiger partial charge < -0.3 is 9.64 Å². The molecule has 6 heteroatoms. The van der Waals surface area contributed by atoms with E-state index in [0.717, 1.165) is 29.8 Å². The van der Waals surface area contributed by atoms with E-state index in [9.17, 15) is 9.59 Å². The van der Waals surface area contributed by atoms with Gasteiger partial charge in [0, 0.05) is 6.54 Å². The Morgan fingerprint density at radius 1 is 1.07 bits per heavy atom. The van der Waals surface area contributed by atoms with Gasteiger partial charge in [0.25, 0.3) is 11.7 Å². The Balaban J connectivity index is 1.64. The second-order valence-corrected chi connectivity index (χ2v) is 7.56. The van der Waals surface area contributed by atoms with Crippen LogP contribution in [0, 0.1) is 13.8 Å². The predicted octanol–water partition coefficient (Wildman–Crippen LogP) is 4.04. The van der Waals surface area contributed by atoms with Crippen LogP contribution < -0.4 is 4.74 Å². The Morgan fingerprint density at radius 3 is 2.57 bits per heavy atom. The summed E-state index contributed by atoms with van der Waals surface area (Å²) < 4.78 is 7.04. The third kappa shape index (κ3) is 3.49. The largest absolute Gasteiger partial charge is 0.497 e. The van der Waals surface area contributed by atoms with Crippen molar-refractivity contribution in [3.05, 3.63) is 77.1 Å². The molecule has 1 aliphatic rings. The van der Waals surface area contributed by atoms with E-state index in [0.29, 0.717) is 23.5 Å². The first-order chi connectivity index (χ1) is 14.5. The van der Waals surface area contributed by atoms with E-state index in [1.807, 2.05) is 61.5 Å². The lowest BCUT2D eigenvalue weighted by molar-refractivity contribution is -0.127. The number of carbonyl (C=O) groups is 2. The summed E-state index contributed by atoms with van der Waals surface area (Å²) >= 11 is 0. The fourth-order valence-electron chi connectivity index (χ4n) is 4.23. The van der Waals surface area contributed by atoms with E-state index in [2.05, 4.69) is 5.10 Å². The molecule has 0 saturated carbocycles. The maximum Gasteiger partial charge on any atom is 0.295 e. The number of ether oxygens (including phenoxy) is 1. The number of hydrogen-bond acceptors (Lipinski definition) is 4. The van der Waals surface area contributed by atoms with Crippen molar-refractivity contribution in [2.75, 3.05) is 13.7 Å². The summed E-state index contributed by atoms with van der Waals surface area (Å²) in [5, 5.41) is 4.52. The quantitative estimate of drug-likeness (QED) is 0.476. The summed E-state index contributed by atoms with van der Waals surface area (Å²) in [6.07, 6.45) is 1.69. The second-order valence-electron chi connectivity index (χ2n) is 7.56. The van der Waals surface area contributed by atoms with Crippen LogP contribution in [0.15, 0.2) is 54.6 Å². The van der Waals surface area contributed by atoms with E-state index in [-0.39, 0.29) is 6.04 Å². The van der Waals surface area contributed by atoms with Gasteiger partial charge in [0.05, 0.1) is 35.8 Å². The molecular formula is C24H25N3O3. The number of amides is 1. The van der Waals surface area contributed by atoms with Crippen LogP contribution in [0.2, 0.25) is 0 Å². The zero-order valence-corrected chi connectivity index (χ0v) is 17.5. The average molecular weight is 403 g/mol. The summed E-state index contributed by atoms with van der Waals surface area (Å²) in [6.45, 7) is 4.17. The van der Waals surface area contributed by atoms with E-state index >= 15 is 0 Å². The van der Waals surface area contributed by atoms with E-state index in [4.69, 9.17) is 4.74 Å². The molecule has 0 radical (unpaired) electrons. The standard InChI is InChI=1S/C24H25N3O3/c1-16-22(17(2)27(25-16)19-10-5-4-6-11-19)23(28)24(29)26-14-8-13-21(26)18-9-7-12-20(15-18)30-3/h4-7,9-12,15,21H,8,13-14H2,1-3H3/t21-/m0/s1. The number of aromatic nitrogens is 2. The maximum absolute atomic E-state index is 13.2. The van der Waals surface area contributed by atoms with Gasteiger partial charge in [0.15, 0.2) is 0 Å². The minimum Gasteiger partial charge on any atom is -0.497 e. The highest BCUT2D eigenvalue weighted by atomic mass is 16.5. The SMILES string of the molecule is COc1cccc([C@@H]2CCCN2C(=O)C(=O)c2c(C)nn(-c3ccccc3)c2C)c1. The van der Waals surface area contributed by atoms with Gasteiger partial charge in [-0.1, -0.05) is 30.3 Å². The van der Waals surface area contributed by atoms with Gasteiger partial charge in [-0.15, -0.1) is 0 Å². The van der Waals surface area contributed by atoms with Crippen molar-refractivity contribution in [1.29, 1.82) is 0 Å². The Labute approximate surface area is 176 Å². The van der Waals surface area contributed by atoms with Crippen molar-refractivity contribution in [3.63, 3.8) is 0 Å². The van der Waals surface area contributed by atoms with Gasteiger partial charge in [0.1, 0.15) is 5.75 Å². The molecule has 1 aliphatic heterocycles. The second kappa shape index (κ2) is 8.14. The molecule has 0 unspecified atom stereocenters. The Morgan fingerprint density at radius 2 is 1.83 bits per heavy atom. The van der Waals surface area contributed by atoms with Crippen LogP contribution in [0.4, 0.5) is 0 Å². The molecule has 1 saturated heterocycles. The molecule has 1 amide bonds. The Kier molecular flexibility index (Phi) is 5.40. The molecule has 4 rings (SSSR count). The topological polar surface area (TPSA) is 64.4 Å². The number of aryl methyl sites for hydroxylation is 1. The van der Waals surface area contributed by atoms with Crippen molar-refractivity contribution in [2.24, 2.45) is 0 Å². The monoisotopic (exact) mass is 403 g/mol. The number of carbonyl (C=O) groups excluding carboxylic acids is 2. The molecule has 2 heterocycles. The average Bonchev–Trinajstić information content (AvgIpc) is 3.38. The van der Waals surface area contributed by atoms with Crippen LogP contribution in [0.5, 0.6) is 5.75 Å². The van der Waals surface area contributed by atoms with Crippen molar-refractivity contribution >= 4 is 11.7 Å². The first-order valence-electron chi connectivity index (χ1n) is 10.1. The highest BCUT2D eigenvalue weighted by Crippen LogP contribution is 2.34. The predicted molar refractivity (Wildman–Crippen MR) is 114 cm³/mol. The zero-order chi connectivity index (χ0) is 21.3. The highest BCUT2D eigenvalue weighted by molar-refractivity contribution is 6.43. The third-order valence-corrected chi connectivity index (χ3v) is 5.71. The van der Waals surface area contributed by atoms with Gasteiger partial charge in [-0.05, 0) is 56.5 Å². The molecule has 0 spiro atoms. The lowest BCUT2D eigenvalue weighted by Gasteiger charge is -2.24. The first kappa shape index (κ1) is 19.9. The molecule has 0 aliphatic carbocycles. The summed E-state index contributed by atoms with van der Waals surface area (Å²) in [4.78, 5) is 28.2. The summed E-state index contributed by atoms with van der Waals surface area (Å²) in [6, 6.07) is 17.2. The lowest BCUT2D eigenvalue weighted by Crippen LogP contribution is -2.36. The minimum absolute atomic E-state index is 0.124. The maximum atomic E-state index is 13.2. The summed E-state index contributed by atoms with van der Waals surface area (Å²) in [7, 11) is 1.62. The number of nitrogens with zero attached hydrogens (tertiary/aromatic N) is 3. The summed E-state index contributed by atoms with van der Waals surface area (Å²) in [5.41, 5.74) is 3.47. The van der Waals surface area contributed by atoms with Crippen molar-refractivity contribution < 1.29 is 14.3 Å². The number of ketones is 1. The molecule has 2 aromatic carbocycles. The molecule has 3 aromatic rings. The number of methoxy groups -OCH3 is 1. The molecule has 0 bridgehead atoms. The smallest absolute Gasteiger partial charge is 0.295 e. The number of rotatable bonds is 5. The fourth-order valence-corrected chi connectivity index (χ4v) is 4.23. The fraction of sp³-hybridized carbons (Fsp3) is 0.292. The van der Waals surface area contributed by atoms with Crippen LogP contribution in [-0.4, -0.2) is 40.0 Å². The van der Waals surface area contributed by atoms with Gasteiger partial charge in [-0.2, -0.15) is 5.10 Å². The lowest BCUT2D eigenvalue weighted by atomic mass is 10.0. The molecule has 1 atom stereocenters.